The molecule has 10 heteroatoms. The molecule has 152 valence electrons. The van der Waals surface area contributed by atoms with Gasteiger partial charge in [-0.15, -0.1) is 20.4 Å². The van der Waals surface area contributed by atoms with Crippen molar-refractivity contribution < 1.29 is 13.9 Å². The Kier molecular flexibility index (Phi) is 6.04. The minimum absolute atomic E-state index is 0.398. The molecule has 2 aromatic heterocycles. The van der Waals surface area contributed by atoms with E-state index in [0.29, 0.717) is 34.2 Å². The van der Waals surface area contributed by atoms with Crippen LogP contribution in [0.5, 0.6) is 11.5 Å². The Balaban J connectivity index is 1.43. The Labute approximate surface area is 176 Å². The average molecular weight is 422 g/mol. The molecule has 0 atom stereocenters. The number of aromatic nitrogens is 5. The summed E-state index contributed by atoms with van der Waals surface area (Å²) in [6.45, 7) is 0. The second kappa shape index (κ2) is 9.23. The van der Waals surface area contributed by atoms with Gasteiger partial charge in [0.1, 0.15) is 6.33 Å². The van der Waals surface area contributed by atoms with Gasteiger partial charge in [-0.05, 0) is 23.8 Å². The summed E-state index contributed by atoms with van der Waals surface area (Å²) in [4.78, 5) is 0. The normalized spacial score (nSPS) is 11.1. The average Bonchev–Trinajstić information content (AvgIpc) is 3.45. The van der Waals surface area contributed by atoms with Crippen LogP contribution in [-0.2, 0) is 5.75 Å². The molecule has 4 rings (SSSR count). The Morgan fingerprint density at radius 1 is 1.03 bits per heavy atom. The van der Waals surface area contributed by atoms with Gasteiger partial charge in [-0.1, -0.05) is 42.1 Å². The molecule has 0 aliphatic carbocycles. The maximum atomic E-state index is 5.77. The van der Waals surface area contributed by atoms with Crippen LogP contribution in [0.15, 0.2) is 69.5 Å². The molecule has 0 radical (unpaired) electrons. The van der Waals surface area contributed by atoms with Gasteiger partial charge in [-0.3, -0.25) is 0 Å². The largest absolute Gasteiger partial charge is 0.493 e. The summed E-state index contributed by atoms with van der Waals surface area (Å²) in [6, 6.07) is 15.2. The highest BCUT2D eigenvalue weighted by atomic mass is 32.2. The van der Waals surface area contributed by atoms with Gasteiger partial charge in [-0.25, -0.2) is 0 Å². The van der Waals surface area contributed by atoms with Crippen molar-refractivity contribution in [2.24, 2.45) is 5.10 Å². The Morgan fingerprint density at radius 2 is 1.87 bits per heavy atom. The Morgan fingerprint density at radius 3 is 2.67 bits per heavy atom. The lowest BCUT2D eigenvalue weighted by Crippen LogP contribution is -1.92. The van der Waals surface area contributed by atoms with E-state index in [4.69, 9.17) is 13.9 Å². The molecule has 0 unspecified atom stereocenters. The van der Waals surface area contributed by atoms with E-state index >= 15 is 0 Å². The molecule has 2 aromatic carbocycles. The maximum Gasteiger partial charge on any atom is 0.247 e. The third-order valence-corrected chi connectivity index (χ3v) is 4.97. The molecule has 4 aromatic rings. The Hall–Kier alpha value is -3.66. The number of nitrogens with zero attached hydrogens (tertiary/aromatic N) is 6. The molecule has 0 aliphatic rings. The van der Waals surface area contributed by atoms with Gasteiger partial charge in [0, 0.05) is 5.56 Å². The van der Waals surface area contributed by atoms with E-state index in [1.165, 1.54) is 11.8 Å². The van der Waals surface area contributed by atoms with Crippen molar-refractivity contribution >= 4 is 18.0 Å². The maximum absolute atomic E-state index is 5.77. The number of ether oxygens (including phenoxy) is 2. The van der Waals surface area contributed by atoms with Crippen LogP contribution < -0.4 is 9.47 Å². The molecule has 0 saturated carbocycles. The lowest BCUT2D eigenvalue weighted by molar-refractivity contribution is 0.355. The molecule has 2 heterocycles. The minimum Gasteiger partial charge on any atom is -0.493 e. The summed E-state index contributed by atoms with van der Waals surface area (Å²) < 4.78 is 17.9. The molecule has 0 spiro atoms. The van der Waals surface area contributed by atoms with Crippen molar-refractivity contribution in [2.75, 3.05) is 14.2 Å². The number of rotatable bonds is 8. The van der Waals surface area contributed by atoms with Crippen LogP contribution in [0.1, 0.15) is 11.5 Å². The van der Waals surface area contributed by atoms with Crippen LogP contribution in [0.3, 0.4) is 0 Å². The molecule has 0 aliphatic heterocycles. The van der Waals surface area contributed by atoms with Crippen LogP contribution in [0.2, 0.25) is 0 Å². The fourth-order valence-electron chi connectivity index (χ4n) is 2.59. The van der Waals surface area contributed by atoms with E-state index in [-0.39, 0.29) is 0 Å². The predicted molar refractivity (Wildman–Crippen MR) is 112 cm³/mol. The van der Waals surface area contributed by atoms with Crippen molar-refractivity contribution in [1.82, 2.24) is 25.1 Å². The number of methoxy groups -OCH3 is 2. The van der Waals surface area contributed by atoms with E-state index in [9.17, 15) is 0 Å². The highest BCUT2D eigenvalue weighted by Crippen LogP contribution is 2.32. The van der Waals surface area contributed by atoms with E-state index in [2.05, 4.69) is 25.5 Å². The second-order valence-electron chi connectivity index (χ2n) is 5.97. The quantitative estimate of drug-likeness (QED) is 0.314. The highest BCUT2D eigenvalue weighted by molar-refractivity contribution is 7.98. The second-order valence-corrected chi connectivity index (χ2v) is 6.92. The van der Waals surface area contributed by atoms with Crippen molar-refractivity contribution in [1.29, 1.82) is 0 Å². The van der Waals surface area contributed by atoms with Crippen molar-refractivity contribution in [3.8, 4) is 23.0 Å². The smallest absolute Gasteiger partial charge is 0.247 e. The monoisotopic (exact) mass is 422 g/mol. The lowest BCUT2D eigenvalue weighted by Gasteiger charge is -2.07. The summed E-state index contributed by atoms with van der Waals surface area (Å²) in [5.41, 5.74) is 1.73. The van der Waals surface area contributed by atoms with Gasteiger partial charge in [0.15, 0.2) is 11.5 Å². The summed E-state index contributed by atoms with van der Waals surface area (Å²) in [7, 11) is 3.16. The van der Waals surface area contributed by atoms with Crippen LogP contribution in [0.25, 0.3) is 11.5 Å². The molecule has 0 bridgehead atoms. The lowest BCUT2D eigenvalue weighted by atomic mass is 10.2. The first kappa shape index (κ1) is 19.6. The molecule has 0 saturated heterocycles. The topological polar surface area (TPSA) is 100 Å². The van der Waals surface area contributed by atoms with Crippen molar-refractivity contribution in [3.05, 3.63) is 66.3 Å². The Bertz CT molecular complexity index is 1140. The van der Waals surface area contributed by atoms with Crippen molar-refractivity contribution in [3.63, 3.8) is 0 Å². The highest BCUT2D eigenvalue weighted by Gasteiger charge is 2.13. The third-order valence-electron chi connectivity index (χ3n) is 4.05. The van der Waals surface area contributed by atoms with Crippen LogP contribution in [0, 0.1) is 0 Å². The number of hydrogen-bond donors (Lipinski definition) is 0. The van der Waals surface area contributed by atoms with Gasteiger partial charge >= 0.3 is 0 Å². The van der Waals surface area contributed by atoms with Crippen molar-refractivity contribution in [2.45, 2.75) is 10.9 Å². The fourth-order valence-corrected chi connectivity index (χ4v) is 3.29. The zero-order valence-electron chi connectivity index (χ0n) is 16.3. The summed E-state index contributed by atoms with van der Waals surface area (Å²) in [5, 5.41) is 21.2. The molecule has 30 heavy (non-hydrogen) atoms. The molecule has 0 fully saturated rings. The van der Waals surface area contributed by atoms with Gasteiger partial charge in [0.2, 0.25) is 16.9 Å². The third kappa shape index (κ3) is 4.49. The minimum atomic E-state index is 0.398. The molecule has 9 nitrogen and oxygen atoms in total. The van der Waals surface area contributed by atoms with Gasteiger partial charge < -0.3 is 13.9 Å². The first-order chi connectivity index (χ1) is 14.8. The standard InChI is InChI=1S/C20H18N6O3S/c1-27-16-9-8-15(10-17(16)28-2)19-24-23-18(29-19)12-30-20-25-21-13-26(20)22-11-14-6-4-3-5-7-14/h3-11,13H,12H2,1-2H3/b22-11-. The van der Waals surface area contributed by atoms with E-state index in [1.54, 1.807) is 43.6 Å². The molecule has 0 N–H and O–H groups in total. The van der Waals surface area contributed by atoms with E-state index in [1.807, 2.05) is 36.4 Å². The molecule has 0 amide bonds. The van der Waals surface area contributed by atoms with Gasteiger partial charge in [0.05, 0.1) is 26.2 Å². The first-order valence-corrected chi connectivity index (χ1v) is 9.92. The van der Waals surface area contributed by atoms with Gasteiger partial charge in [0.25, 0.3) is 0 Å². The zero-order valence-corrected chi connectivity index (χ0v) is 17.1. The van der Waals surface area contributed by atoms with Crippen LogP contribution >= 0.6 is 11.8 Å². The molecular formula is C20H18N6O3S. The SMILES string of the molecule is COc1ccc(-c2nnc(CSc3nncn3/N=C\c3ccccc3)o2)cc1OC. The number of thioether (sulfide) groups is 1. The predicted octanol–water partition coefficient (Wildman–Crippen LogP) is 3.52. The molecular weight excluding hydrogens is 404 g/mol. The van der Waals surface area contributed by atoms with E-state index < -0.39 is 0 Å². The summed E-state index contributed by atoms with van der Waals surface area (Å²) in [5.74, 6) is 2.52. The van der Waals surface area contributed by atoms with E-state index in [0.717, 1.165) is 11.1 Å². The zero-order chi connectivity index (χ0) is 20.8. The first-order valence-electron chi connectivity index (χ1n) is 8.94. The number of benzene rings is 2. The number of hydrogen-bond acceptors (Lipinski definition) is 9. The van der Waals surface area contributed by atoms with Gasteiger partial charge in [-0.2, -0.15) is 9.78 Å². The fraction of sp³-hybridized carbons (Fsp3) is 0.150. The van der Waals surface area contributed by atoms with Crippen LogP contribution in [-0.4, -0.2) is 45.5 Å². The van der Waals surface area contributed by atoms with Crippen LogP contribution in [0.4, 0.5) is 0 Å². The summed E-state index contributed by atoms with van der Waals surface area (Å²) in [6.07, 6.45) is 3.29. The summed E-state index contributed by atoms with van der Waals surface area (Å²) >= 11 is 1.40.